The van der Waals surface area contributed by atoms with Gasteiger partial charge in [-0.2, -0.15) is 0 Å². The molecule has 1 aromatic heterocycles. The lowest BCUT2D eigenvalue weighted by Gasteiger charge is -2.01. The smallest absolute Gasteiger partial charge is 0.231 e. The third-order valence-corrected chi connectivity index (χ3v) is 3.75. The van der Waals surface area contributed by atoms with Crippen LogP contribution in [-0.4, -0.2) is 37.3 Å². The second kappa shape index (κ2) is 8.12. The highest BCUT2D eigenvalue weighted by Gasteiger charge is 2.10. The average Bonchev–Trinajstić information content (AvgIpc) is 2.73. The molecule has 0 aliphatic heterocycles. The Balaban J connectivity index is 2.32. The van der Waals surface area contributed by atoms with Crippen molar-refractivity contribution in [1.82, 2.24) is 10.2 Å². The van der Waals surface area contributed by atoms with Crippen molar-refractivity contribution >= 4 is 37.5 Å². The number of rotatable bonds is 9. The van der Waals surface area contributed by atoms with Crippen LogP contribution in [-0.2, 0) is 14.8 Å². The van der Waals surface area contributed by atoms with Crippen molar-refractivity contribution in [1.29, 1.82) is 0 Å². The summed E-state index contributed by atoms with van der Waals surface area (Å²) in [6.07, 6.45) is 5.16. The number of nitrogens with one attached hydrogen (secondary N) is 2. The van der Waals surface area contributed by atoms with Gasteiger partial charge in [0.05, 0.1) is 6.26 Å². The van der Waals surface area contributed by atoms with Crippen molar-refractivity contribution < 1.29 is 13.2 Å². The van der Waals surface area contributed by atoms with Gasteiger partial charge in [0, 0.05) is 6.42 Å². The van der Waals surface area contributed by atoms with E-state index in [4.69, 9.17) is 5.73 Å². The van der Waals surface area contributed by atoms with Gasteiger partial charge in [-0.05, 0) is 19.4 Å². The molecule has 0 spiro atoms. The fourth-order valence-electron chi connectivity index (χ4n) is 1.44. The van der Waals surface area contributed by atoms with Gasteiger partial charge < -0.3 is 11.1 Å². The molecule has 1 amide bonds. The third-order valence-electron chi connectivity index (χ3n) is 2.30. The third kappa shape index (κ3) is 7.36. The topological polar surface area (TPSA) is 127 Å². The molecule has 0 fully saturated rings. The van der Waals surface area contributed by atoms with Crippen molar-refractivity contribution in [3.05, 3.63) is 0 Å². The van der Waals surface area contributed by atoms with Crippen molar-refractivity contribution in [3.63, 3.8) is 0 Å². The number of nitrogens with zero attached hydrogens (tertiary/aromatic N) is 2. The fourth-order valence-corrected chi connectivity index (χ4v) is 2.93. The molecule has 0 saturated carbocycles. The lowest BCUT2D eigenvalue weighted by Crippen LogP contribution is -2.10. The largest absolute Gasteiger partial charge is 0.330 e. The number of carbonyl (C=O) groups excluding carboxylic acids is 1. The minimum Gasteiger partial charge on any atom is -0.330 e. The maximum absolute atomic E-state index is 11.6. The van der Waals surface area contributed by atoms with Crippen molar-refractivity contribution in [2.24, 2.45) is 5.73 Å². The highest BCUT2D eigenvalue weighted by molar-refractivity contribution is 7.92. The van der Waals surface area contributed by atoms with Crippen LogP contribution in [0.2, 0.25) is 0 Å². The molecule has 0 radical (unpaired) electrons. The molecule has 0 aliphatic rings. The van der Waals surface area contributed by atoms with Crippen LogP contribution in [0.3, 0.4) is 0 Å². The monoisotopic (exact) mass is 321 g/mol. The summed E-state index contributed by atoms with van der Waals surface area (Å²) in [7, 11) is -3.38. The second-order valence-corrected chi connectivity index (χ2v) is 7.01. The average molecular weight is 321 g/mol. The minimum atomic E-state index is -3.38. The van der Waals surface area contributed by atoms with Gasteiger partial charge in [0.1, 0.15) is 0 Å². The van der Waals surface area contributed by atoms with Crippen LogP contribution in [0.15, 0.2) is 0 Å². The number of nitrogens with two attached hydrogens (primary N) is 1. The molecule has 1 heterocycles. The summed E-state index contributed by atoms with van der Waals surface area (Å²) in [6.45, 7) is 0.674. The summed E-state index contributed by atoms with van der Waals surface area (Å²) in [5, 5.41) is 10.3. The number of sulfonamides is 1. The molecule has 10 heteroatoms. The van der Waals surface area contributed by atoms with Gasteiger partial charge >= 0.3 is 0 Å². The molecule has 0 aromatic carbocycles. The number of aromatic nitrogens is 2. The normalized spacial score (nSPS) is 11.3. The predicted octanol–water partition coefficient (Wildman–Crippen LogP) is 0.757. The Labute approximate surface area is 122 Å². The van der Waals surface area contributed by atoms with E-state index in [0.717, 1.165) is 43.3 Å². The number of hydrogen-bond acceptors (Lipinski definition) is 7. The molecule has 1 aromatic rings. The molecule has 4 N–H and O–H groups in total. The molecule has 0 unspecified atom stereocenters. The zero-order valence-corrected chi connectivity index (χ0v) is 12.9. The number of hydrogen-bond donors (Lipinski definition) is 3. The fraction of sp³-hybridized carbons (Fsp3) is 0.700. The van der Waals surface area contributed by atoms with Crippen molar-refractivity contribution in [2.45, 2.75) is 32.1 Å². The number of unbranched alkanes of at least 4 members (excludes halogenated alkanes) is 3. The Morgan fingerprint density at radius 3 is 2.50 bits per heavy atom. The van der Waals surface area contributed by atoms with Gasteiger partial charge in [-0.25, -0.2) is 8.42 Å². The molecule has 0 bridgehead atoms. The van der Waals surface area contributed by atoms with E-state index in [0.29, 0.717) is 13.0 Å². The van der Waals surface area contributed by atoms with Crippen LogP contribution in [0.25, 0.3) is 0 Å². The van der Waals surface area contributed by atoms with Gasteiger partial charge in [-0.1, -0.05) is 24.2 Å². The van der Waals surface area contributed by atoms with Crippen LogP contribution < -0.4 is 15.8 Å². The number of amides is 1. The van der Waals surface area contributed by atoms with Gasteiger partial charge in [0.2, 0.25) is 26.2 Å². The first-order valence-corrected chi connectivity index (χ1v) is 8.93. The van der Waals surface area contributed by atoms with E-state index in [9.17, 15) is 13.2 Å². The van der Waals surface area contributed by atoms with Gasteiger partial charge in [-0.15, -0.1) is 10.2 Å². The lowest BCUT2D eigenvalue weighted by atomic mass is 10.1. The summed E-state index contributed by atoms with van der Waals surface area (Å²) in [4.78, 5) is 11.6. The molecular formula is C10H19N5O3S2. The van der Waals surface area contributed by atoms with E-state index < -0.39 is 10.0 Å². The molecule has 20 heavy (non-hydrogen) atoms. The van der Waals surface area contributed by atoms with Crippen LogP contribution in [0, 0.1) is 0 Å². The first kappa shape index (κ1) is 16.8. The van der Waals surface area contributed by atoms with E-state index in [1.165, 1.54) is 0 Å². The quantitative estimate of drug-likeness (QED) is 0.576. The first-order valence-electron chi connectivity index (χ1n) is 6.22. The molecular weight excluding hydrogens is 302 g/mol. The van der Waals surface area contributed by atoms with Gasteiger partial charge in [-0.3, -0.25) is 9.52 Å². The Morgan fingerprint density at radius 2 is 1.85 bits per heavy atom. The number of carbonyl (C=O) groups is 1. The summed E-state index contributed by atoms with van der Waals surface area (Å²) >= 11 is 0.974. The van der Waals surface area contributed by atoms with E-state index in [2.05, 4.69) is 20.2 Å². The Bertz CT molecular complexity index is 529. The highest BCUT2D eigenvalue weighted by atomic mass is 32.2. The summed E-state index contributed by atoms with van der Waals surface area (Å²) in [5.41, 5.74) is 5.38. The maximum Gasteiger partial charge on any atom is 0.231 e. The maximum atomic E-state index is 11.6. The Morgan fingerprint density at radius 1 is 1.20 bits per heavy atom. The highest BCUT2D eigenvalue weighted by Crippen LogP contribution is 2.20. The summed E-state index contributed by atoms with van der Waals surface area (Å²) in [5.74, 6) is -0.153. The Hall–Kier alpha value is -1.26. The van der Waals surface area contributed by atoms with E-state index in [1.54, 1.807) is 0 Å². The van der Waals surface area contributed by atoms with E-state index >= 15 is 0 Å². The van der Waals surface area contributed by atoms with Gasteiger partial charge in [0.25, 0.3) is 0 Å². The summed E-state index contributed by atoms with van der Waals surface area (Å²) < 4.78 is 24.2. The van der Waals surface area contributed by atoms with Crippen molar-refractivity contribution in [2.75, 3.05) is 22.8 Å². The zero-order chi connectivity index (χ0) is 15.0. The number of anilines is 2. The van der Waals surface area contributed by atoms with Crippen LogP contribution in [0.4, 0.5) is 10.3 Å². The minimum absolute atomic E-state index is 0.130. The van der Waals surface area contributed by atoms with Gasteiger partial charge in [0.15, 0.2) is 0 Å². The molecule has 0 atom stereocenters. The molecule has 8 nitrogen and oxygen atoms in total. The second-order valence-electron chi connectivity index (χ2n) is 4.29. The van der Waals surface area contributed by atoms with Crippen molar-refractivity contribution in [3.8, 4) is 0 Å². The first-order chi connectivity index (χ1) is 9.40. The zero-order valence-electron chi connectivity index (χ0n) is 11.3. The predicted molar refractivity (Wildman–Crippen MR) is 79.1 cm³/mol. The van der Waals surface area contributed by atoms with Crippen LogP contribution in [0.5, 0.6) is 0 Å². The standard InChI is InChI=1S/C10H19N5O3S2/c1-20(17,18)15-10-14-13-9(19-10)12-8(16)6-4-2-3-5-7-11/h2-7,11H2,1H3,(H,14,15)(H,12,13,16). The molecule has 0 aliphatic carbocycles. The lowest BCUT2D eigenvalue weighted by molar-refractivity contribution is -0.116. The molecule has 0 saturated heterocycles. The summed E-state index contributed by atoms with van der Waals surface area (Å²) in [6, 6.07) is 0. The molecule has 1 rings (SSSR count). The van der Waals surface area contributed by atoms with E-state index in [-0.39, 0.29) is 16.2 Å². The van der Waals surface area contributed by atoms with Crippen LogP contribution >= 0.6 is 11.3 Å². The molecule has 114 valence electrons. The van der Waals surface area contributed by atoms with Crippen LogP contribution in [0.1, 0.15) is 32.1 Å². The SMILES string of the molecule is CS(=O)(=O)Nc1nnc(NC(=O)CCCCCCN)s1. The Kier molecular flexibility index (Phi) is 6.82. The van der Waals surface area contributed by atoms with E-state index in [1.807, 2.05) is 0 Å².